The van der Waals surface area contributed by atoms with Gasteiger partial charge in [-0.05, 0) is 87.9 Å². The van der Waals surface area contributed by atoms with Crippen LogP contribution in [0, 0.1) is 35.5 Å². The quantitative estimate of drug-likeness (QED) is 0.0198. The largest absolute Gasteiger partial charge is 0.461 e. The molecule has 0 N–H and O–H groups in total. The normalized spacial score (nSPS) is 12.7. The molecule has 0 radical (unpaired) electrons. The van der Waals surface area contributed by atoms with Gasteiger partial charge < -0.3 is 28.4 Å². The van der Waals surface area contributed by atoms with Crippen molar-refractivity contribution in [2.75, 3.05) is 39.6 Å². The Morgan fingerprint density at radius 1 is 0.392 bits per heavy atom. The Hall–Kier alpha value is -5.34. The second kappa shape index (κ2) is 40.0. The summed E-state index contributed by atoms with van der Waals surface area (Å²) in [5.41, 5.74) is -0.291. The molecule has 0 aliphatic heterocycles. The molecule has 2 aromatic heterocycles. The van der Waals surface area contributed by atoms with Gasteiger partial charge in [-0.3, -0.25) is 0 Å². The number of esters is 6. The molecule has 4 unspecified atom stereocenters. The number of aromatic nitrogens is 6. The lowest BCUT2D eigenvalue weighted by Crippen LogP contribution is -2.22. The summed E-state index contributed by atoms with van der Waals surface area (Å²) in [6, 6.07) is 0. The number of aryl methyl sites for hydroxylation is 2. The zero-order valence-corrected chi connectivity index (χ0v) is 46.5. The maximum atomic E-state index is 13.5. The molecule has 0 fully saturated rings. The second-order valence-corrected chi connectivity index (χ2v) is 19.4. The first-order chi connectivity index (χ1) is 35.9. The number of rotatable bonds is 42. The van der Waals surface area contributed by atoms with E-state index in [9.17, 15) is 28.8 Å². The molecule has 0 aliphatic rings. The SMILES string of the molecule is CCCCC(CC)COC(=O)c1nnn(CCCCCCOC(=O)C#CC(=O)OCCCCCCn2nnc(C(=O)OCC(CC)CCCC)c2C(=O)OCC(CC)CCCC)c1C(=O)OCC(CC)CCCC. The van der Waals surface area contributed by atoms with Gasteiger partial charge in [-0.2, -0.15) is 0 Å². The van der Waals surface area contributed by atoms with E-state index in [4.69, 9.17) is 28.4 Å². The standard InChI is InChI=1S/C56H92N6O12/c1-9-17-29-43(13-5)39-71-53(65)49-51(55(67)73-41-45(15-7)31-19-11-3)61(59-57-49)35-25-21-23-27-37-69-47(63)33-34-48(64)70-38-28-24-22-26-36-62-52(56(68)74-42-46(16-8)32-20-12-4)50(58-60-62)54(66)72-40-44(14-6)30-18-10-2/h43-46H,9-32,35-42H2,1-8H3. The van der Waals surface area contributed by atoms with Crippen LogP contribution < -0.4 is 0 Å². The predicted octanol–water partition coefficient (Wildman–Crippen LogP) is 11.3. The van der Waals surface area contributed by atoms with Crippen molar-refractivity contribution in [1.82, 2.24) is 30.0 Å². The van der Waals surface area contributed by atoms with E-state index >= 15 is 0 Å². The summed E-state index contributed by atoms with van der Waals surface area (Å²) >= 11 is 0. The molecule has 2 rings (SSSR count). The molecule has 418 valence electrons. The minimum atomic E-state index is -0.839. The average Bonchev–Trinajstić information content (AvgIpc) is 4.04. The summed E-state index contributed by atoms with van der Waals surface area (Å²) in [6.07, 6.45) is 20.7. The van der Waals surface area contributed by atoms with E-state index in [1.165, 1.54) is 9.36 Å². The molecular formula is C56H92N6O12. The Kier molecular flexibility index (Phi) is 35.0. The van der Waals surface area contributed by atoms with Crippen LogP contribution in [0.1, 0.15) is 251 Å². The number of nitrogens with zero attached hydrogens (tertiary/aromatic N) is 6. The Balaban J connectivity index is 1.81. The van der Waals surface area contributed by atoms with Crippen molar-refractivity contribution in [2.45, 2.75) is 223 Å². The summed E-state index contributed by atoms with van der Waals surface area (Å²) in [5.74, 6) is 0.881. The summed E-state index contributed by atoms with van der Waals surface area (Å²) < 4.78 is 35.9. The molecule has 0 saturated heterocycles. The van der Waals surface area contributed by atoms with Crippen LogP contribution >= 0.6 is 0 Å². The van der Waals surface area contributed by atoms with Gasteiger partial charge >= 0.3 is 35.8 Å². The maximum absolute atomic E-state index is 13.5. The van der Waals surface area contributed by atoms with Crippen molar-refractivity contribution < 1.29 is 57.2 Å². The summed E-state index contributed by atoms with van der Waals surface area (Å²) in [7, 11) is 0. The highest BCUT2D eigenvalue weighted by atomic mass is 16.6. The van der Waals surface area contributed by atoms with Crippen LogP contribution in [-0.2, 0) is 51.1 Å². The lowest BCUT2D eigenvalue weighted by Gasteiger charge is -2.16. The average molecular weight is 1040 g/mol. The number of ether oxygens (including phenoxy) is 6. The van der Waals surface area contributed by atoms with Crippen LogP contribution in [0.4, 0.5) is 0 Å². The van der Waals surface area contributed by atoms with E-state index in [2.05, 4.69) is 87.9 Å². The van der Waals surface area contributed by atoms with E-state index in [1.54, 1.807) is 0 Å². The smallest absolute Gasteiger partial charge is 0.384 e. The predicted molar refractivity (Wildman–Crippen MR) is 281 cm³/mol. The van der Waals surface area contributed by atoms with Gasteiger partial charge in [-0.1, -0.05) is 156 Å². The highest BCUT2D eigenvalue weighted by Crippen LogP contribution is 2.21. The van der Waals surface area contributed by atoms with E-state index in [1.807, 2.05) is 0 Å². The van der Waals surface area contributed by atoms with Gasteiger partial charge in [0.25, 0.3) is 0 Å². The zero-order valence-electron chi connectivity index (χ0n) is 46.5. The third-order valence-corrected chi connectivity index (χ3v) is 13.5. The minimum absolute atomic E-state index is 0.00492. The minimum Gasteiger partial charge on any atom is -0.461 e. The van der Waals surface area contributed by atoms with Crippen molar-refractivity contribution in [3.63, 3.8) is 0 Å². The molecule has 18 heteroatoms. The lowest BCUT2D eigenvalue weighted by atomic mass is 10.0. The van der Waals surface area contributed by atoms with Crippen molar-refractivity contribution in [3.8, 4) is 11.8 Å². The monoisotopic (exact) mass is 1040 g/mol. The van der Waals surface area contributed by atoms with Crippen LogP contribution in [0.3, 0.4) is 0 Å². The van der Waals surface area contributed by atoms with Gasteiger partial charge in [-0.15, -0.1) is 10.2 Å². The molecule has 0 amide bonds. The summed E-state index contributed by atoms with van der Waals surface area (Å²) in [5, 5.41) is 16.4. The van der Waals surface area contributed by atoms with E-state index in [0.29, 0.717) is 64.5 Å². The maximum Gasteiger partial charge on any atom is 0.384 e. The van der Waals surface area contributed by atoms with Crippen LogP contribution in [0.2, 0.25) is 0 Å². The van der Waals surface area contributed by atoms with Crippen molar-refractivity contribution in [2.24, 2.45) is 23.7 Å². The van der Waals surface area contributed by atoms with E-state index in [-0.39, 0.29) is 86.1 Å². The molecule has 0 aromatic carbocycles. The van der Waals surface area contributed by atoms with Crippen LogP contribution in [0.5, 0.6) is 0 Å². The van der Waals surface area contributed by atoms with Crippen LogP contribution in [0.15, 0.2) is 0 Å². The number of carbonyl (C=O) groups is 6. The van der Waals surface area contributed by atoms with Crippen molar-refractivity contribution in [1.29, 1.82) is 0 Å². The van der Waals surface area contributed by atoms with Crippen molar-refractivity contribution in [3.05, 3.63) is 22.8 Å². The van der Waals surface area contributed by atoms with E-state index in [0.717, 1.165) is 103 Å². The molecule has 4 atom stereocenters. The van der Waals surface area contributed by atoms with Gasteiger partial charge in [0.15, 0.2) is 11.4 Å². The molecule has 0 spiro atoms. The molecule has 18 nitrogen and oxygen atoms in total. The van der Waals surface area contributed by atoms with Gasteiger partial charge in [0.1, 0.15) is 0 Å². The Morgan fingerprint density at radius 3 is 0.986 bits per heavy atom. The van der Waals surface area contributed by atoms with Gasteiger partial charge in [0.2, 0.25) is 11.4 Å². The molecule has 2 heterocycles. The number of hydrogen-bond acceptors (Lipinski definition) is 16. The highest BCUT2D eigenvalue weighted by molar-refractivity contribution is 6.01. The van der Waals surface area contributed by atoms with Gasteiger partial charge in [0, 0.05) is 24.9 Å². The molecule has 0 aliphatic carbocycles. The second-order valence-electron chi connectivity index (χ2n) is 19.4. The fourth-order valence-electron chi connectivity index (χ4n) is 8.20. The fraction of sp³-hybridized carbons (Fsp3) is 0.786. The lowest BCUT2D eigenvalue weighted by molar-refractivity contribution is -0.138. The van der Waals surface area contributed by atoms with Crippen LogP contribution in [-0.4, -0.2) is 105 Å². The van der Waals surface area contributed by atoms with Gasteiger partial charge in [-0.25, -0.2) is 38.1 Å². The number of hydrogen-bond donors (Lipinski definition) is 0. The first-order valence-corrected chi connectivity index (χ1v) is 28.3. The Morgan fingerprint density at radius 2 is 0.689 bits per heavy atom. The third kappa shape index (κ3) is 25.7. The van der Waals surface area contributed by atoms with Crippen molar-refractivity contribution >= 4 is 35.8 Å². The topological polar surface area (TPSA) is 219 Å². The molecule has 0 bridgehead atoms. The first kappa shape index (κ1) is 64.8. The highest BCUT2D eigenvalue weighted by Gasteiger charge is 2.30. The molecular weight excluding hydrogens is 949 g/mol. The Labute approximate surface area is 442 Å². The molecule has 0 saturated carbocycles. The fourth-order valence-corrected chi connectivity index (χ4v) is 8.20. The summed E-state index contributed by atoms with van der Waals surface area (Å²) in [4.78, 5) is 77.8. The molecule has 74 heavy (non-hydrogen) atoms. The molecule has 2 aromatic rings. The van der Waals surface area contributed by atoms with Crippen LogP contribution in [0.25, 0.3) is 0 Å². The number of unbranched alkanes of at least 4 members (excludes halogenated alkanes) is 10. The Bertz CT molecular complexity index is 1850. The summed E-state index contributed by atoms with van der Waals surface area (Å²) in [6.45, 7) is 18.6. The zero-order chi connectivity index (χ0) is 54.4. The number of carbonyl (C=O) groups excluding carboxylic acids is 6. The van der Waals surface area contributed by atoms with E-state index < -0.39 is 35.8 Å². The first-order valence-electron chi connectivity index (χ1n) is 28.3. The van der Waals surface area contributed by atoms with Gasteiger partial charge in [0.05, 0.1) is 39.6 Å². The third-order valence-electron chi connectivity index (χ3n) is 13.5.